The Balaban J connectivity index is 2.10. The molecule has 1 fully saturated rings. The molecular weight excluding hydrogens is 264 g/mol. The molecule has 1 atom stereocenters. The quantitative estimate of drug-likeness (QED) is 0.668. The van der Waals surface area contributed by atoms with Crippen molar-refractivity contribution in [3.8, 4) is 0 Å². The Kier molecular flexibility index (Phi) is 3.41. The zero-order valence-electron chi connectivity index (χ0n) is 10.3. The number of thiophene rings is 1. The van der Waals surface area contributed by atoms with Gasteiger partial charge in [-0.25, -0.2) is 15.8 Å². The second-order valence-corrected chi connectivity index (χ2v) is 6.79. The van der Waals surface area contributed by atoms with Gasteiger partial charge in [-0.05, 0) is 31.1 Å². The zero-order chi connectivity index (χ0) is 12.5. The third kappa shape index (κ3) is 2.08. The summed E-state index contributed by atoms with van der Waals surface area (Å²) in [5.41, 5.74) is 2.72. The van der Waals surface area contributed by atoms with E-state index in [0.717, 1.165) is 28.3 Å². The summed E-state index contributed by atoms with van der Waals surface area (Å²) in [6.07, 6.45) is 3.46. The fourth-order valence-electron chi connectivity index (χ4n) is 2.20. The van der Waals surface area contributed by atoms with Crippen LogP contribution in [-0.2, 0) is 6.42 Å². The second kappa shape index (κ2) is 5.03. The first-order chi connectivity index (χ1) is 8.81. The molecule has 0 aliphatic carbocycles. The van der Waals surface area contributed by atoms with Crippen LogP contribution < -0.4 is 11.3 Å². The Labute approximate surface area is 114 Å². The molecule has 0 radical (unpaired) electrons. The minimum atomic E-state index is 0.439. The lowest BCUT2D eigenvalue weighted by Gasteiger charge is -2.09. The fraction of sp³-hybridized carbons (Fsp3) is 0.500. The van der Waals surface area contributed by atoms with Gasteiger partial charge >= 0.3 is 0 Å². The molecule has 1 unspecified atom stereocenters. The van der Waals surface area contributed by atoms with Crippen molar-refractivity contribution in [1.29, 1.82) is 0 Å². The van der Waals surface area contributed by atoms with E-state index in [-0.39, 0.29) is 0 Å². The molecule has 18 heavy (non-hydrogen) atoms. The van der Waals surface area contributed by atoms with Crippen molar-refractivity contribution >= 4 is 39.1 Å². The van der Waals surface area contributed by atoms with Crippen LogP contribution in [0.2, 0.25) is 0 Å². The van der Waals surface area contributed by atoms with Crippen LogP contribution in [0.25, 0.3) is 10.2 Å². The van der Waals surface area contributed by atoms with E-state index >= 15 is 0 Å². The predicted octanol–water partition coefficient (Wildman–Crippen LogP) is 3.11. The summed E-state index contributed by atoms with van der Waals surface area (Å²) in [7, 11) is 0. The van der Waals surface area contributed by atoms with Gasteiger partial charge < -0.3 is 5.43 Å². The first kappa shape index (κ1) is 12.2. The predicted molar refractivity (Wildman–Crippen MR) is 79.0 cm³/mol. The van der Waals surface area contributed by atoms with Crippen LogP contribution in [0.1, 0.15) is 35.7 Å². The molecule has 0 amide bonds. The van der Waals surface area contributed by atoms with Gasteiger partial charge in [-0.2, -0.15) is 11.8 Å². The maximum Gasteiger partial charge on any atom is 0.152 e. The Bertz CT molecular complexity index is 560. The number of nitrogens with one attached hydrogen (secondary N) is 1. The molecule has 96 valence electrons. The van der Waals surface area contributed by atoms with Gasteiger partial charge in [0.25, 0.3) is 0 Å². The smallest absolute Gasteiger partial charge is 0.152 e. The van der Waals surface area contributed by atoms with Gasteiger partial charge in [0.15, 0.2) is 5.82 Å². The zero-order valence-corrected chi connectivity index (χ0v) is 11.9. The molecule has 3 N–H and O–H groups in total. The number of aromatic nitrogens is 2. The Hall–Kier alpha value is -0.850. The average molecular weight is 280 g/mol. The SMILES string of the molecule is CCc1cc2c(NN)nc(C3CCCS3)nc2s1. The van der Waals surface area contributed by atoms with Crippen molar-refractivity contribution in [3.05, 3.63) is 16.8 Å². The van der Waals surface area contributed by atoms with Gasteiger partial charge in [0.05, 0.1) is 10.6 Å². The van der Waals surface area contributed by atoms with Crippen LogP contribution in [-0.4, -0.2) is 15.7 Å². The molecule has 4 nitrogen and oxygen atoms in total. The van der Waals surface area contributed by atoms with E-state index in [1.807, 2.05) is 11.8 Å². The Morgan fingerprint density at radius 1 is 1.50 bits per heavy atom. The molecule has 2 aromatic heterocycles. The molecule has 6 heteroatoms. The summed E-state index contributed by atoms with van der Waals surface area (Å²) < 4.78 is 0. The number of aryl methyl sites for hydroxylation is 1. The summed E-state index contributed by atoms with van der Waals surface area (Å²) in [5.74, 6) is 8.50. The lowest BCUT2D eigenvalue weighted by atomic mass is 10.2. The number of rotatable bonds is 3. The van der Waals surface area contributed by atoms with Crippen LogP contribution in [0.4, 0.5) is 5.82 Å². The Morgan fingerprint density at radius 3 is 3.06 bits per heavy atom. The van der Waals surface area contributed by atoms with Crippen molar-refractivity contribution in [2.75, 3.05) is 11.2 Å². The highest BCUT2D eigenvalue weighted by molar-refractivity contribution is 7.99. The topological polar surface area (TPSA) is 63.8 Å². The molecule has 3 rings (SSSR count). The van der Waals surface area contributed by atoms with Crippen LogP contribution in [0.3, 0.4) is 0 Å². The molecule has 2 aromatic rings. The number of thioether (sulfide) groups is 1. The van der Waals surface area contributed by atoms with Crippen molar-refractivity contribution in [2.24, 2.45) is 5.84 Å². The van der Waals surface area contributed by atoms with E-state index in [2.05, 4.69) is 23.4 Å². The van der Waals surface area contributed by atoms with Crippen molar-refractivity contribution in [2.45, 2.75) is 31.4 Å². The normalized spacial score (nSPS) is 19.6. The largest absolute Gasteiger partial charge is 0.308 e. The third-order valence-corrected chi connectivity index (χ3v) is 5.71. The standard InChI is InChI=1S/C12H16N4S2/c1-2-7-6-8-10(16-13)14-11(15-12(8)18-7)9-4-3-5-17-9/h6,9H,2-5,13H2,1H3,(H,14,15,16). The second-order valence-electron chi connectivity index (χ2n) is 4.36. The van der Waals surface area contributed by atoms with E-state index in [4.69, 9.17) is 10.8 Å². The molecule has 3 heterocycles. The first-order valence-electron chi connectivity index (χ1n) is 6.20. The van der Waals surface area contributed by atoms with Crippen LogP contribution >= 0.6 is 23.1 Å². The van der Waals surface area contributed by atoms with E-state index < -0.39 is 0 Å². The van der Waals surface area contributed by atoms with Gasteiger partial charge in [-0.3, -0.25) is 0 Å². The van der Waals surface area contributed by atoms with E-state index in [1.165, 1.54) is 23.5 Å². The number of hydrogen-bond donors (Lipinski definition) is 2. The summed E-state index contributed by atoms with van der Waals surface area (Å²) in [6.45, 7) is 2.15. The average Bonchev–Trinajstić information content (AvgIpc) is 3.05. The van der Waals surface area contributed by atoms with Crippen molar-refractivity contribution in [3.63, 3.8) is 0 Å². The van der Waals surface area contributed by atoms with Gasteiger partial charge in [0.2, 0.25) is 0 Å². The van der Waals surface area contributed by atoms with E-state index in [1.54, 1.807) is 11.3 Å². The van der Waals surface area contributed by atoms with Crippen LogP contribution in [0, 0.1) is 0 Å². The van der Waals surface area contributed by atoms with Gasteiger partial charge in [-0.15, -0.1) is 11.3 Å². The number of nitrogens with zero attached hydrogens (tertiary/aromatic N) is 2. The summed E-state index contributed by atoms with van der Waals surface area (Å²) in [6, 6.07) is 2.14. The highest BCUT2D eigenvalue weighted by Crippen LogP contribution is 2.40. The molecular formula is C12H16N4S2. The number of fused-ring (bicyclic) bond motifs is 1. The molecule has 0 bridgehead atoms. The lowest BCUT2D eigenvalue weighted by molar-refractivity contribution is 0.784. The monoisotopic (exact) mass is 280 g/mol. The maximum absolute atomic E-state index is 5.59. The first-order valence-corrected chi connectivity index (χ1v) is 8.07. The van der Waals surface area contributed by atoms with E-state index in [9.17, 15) is 0 Å². The van der Waals surface area contributed by atoms with Gasteiger partial charge in [-0.1, -0.05) is 6.92 Å². The number of hydrogen-bond acceptors (Lipinski definition) is 6. The highest BCUT2D eigenvalue weighted by Gasteiger charge is 2.22. The minimum absolute atomic E-state index is 0.439. The number of hydrazine groups is 1. The van der Waals surface area contributed by atoms with Crippen molar-refractivity contribution < 1.29 is 0 Å². The van der Waals surface area contributed by atoms with Crippen molar-refractivity contribution in [1.82, 2.24) is 9.97 Å². The minimum Gasteiger partial charge on any atom is -0.308 e. The Morgan fingerprint density at radius 2 is 2.39 bits per heavy atom. The van der Waals surface area contributed by atoms with Gasteiger partial charge in [0.1, 0.15) is 10.7 Å². The fourth-order valence-corrected chi connectivity index (χ4v) is 4.38. The number of nitrogen functional groups attached to an aromatic ring is 1. The number of nitrogens with two attached hydrogens (primary N) is 1. The third-order valence-electron chi connectivity index (χ3n) is 3.16. The number of anilines is 1. The highest BCUT2D eigenvalue weighted by atomic mass is 32.2. The summed E-state index contributed by atoms with van der Waals surface area (Å²) >= 11 is 3.69. The van der Waals surface area contributed by atoms with Crippen LogP contribution in [0.5, 0.6) is 0 Å². The van der Waals surface area contributed by atoms with Crippen LogP contribution in [0.15, 0.2) is 6.07 Å². The van der Waals surface area contributed by atoms with Gasteiger partial charge in [0, 0.05) is 4.88 Å². The summed E-state index contributed by atoms with van der Waals surface area (Å²) in [5, 5.41) is 1.49. The molecule has 0 aromatic carbocycles. The molecule has 1 saturated heterocycles. The maximum atomic E-state index is 5.59. The lowest BCUT2D eigenvalue weighted by Crippen LogP contribution is -2.11. The molecule has 0 saturated carbocycles. The molecule has 0 spiro atoms. The summed E-state index contributed by atoms with van der Waals surface area (Å²) in [4.78, 5) is 11.7. The molecule has 1 aliphatic heterocycles. The molecule has 1 aliphatic rings. The van der Waals surface area contributed by atoms with E-state index in [0.29, 0.717) is 5.25 Å².